The van der Waals surface area contributed by atoms with Gasteiger partial charge in [-0.2, -0.15) is 0 Å². The molecule has 4 heteroatoms. The molecule has 0 aliphatic carbocycles. The summed E-state index contributed by atoms with van der Waals surface area (Å²) in [6.07, 6.45) is 0. The zero-order valence-corrected chi connectivity index (χ0v) is 6.42. The summed E-state index contributed by atoms with van der Waals surface area (Å²) in [4.78, 5) is 0. The standard InChI is InChI=1S/C3H8NO2.Na/c4-3(1-5)2-6;/h3,5H,1-2,4H2;/q-1;+1. The van der Waals surface area contributed by atoms with Crippen LogP contribution in [0.25, 0.3) is 0 Å². The first-order valence-electron chi connectivity index (χ1n) is 1.75. The number of rotatable bonds is 2. The minimum absolute atomic E-state index is 0. The van der Waals surface area contributed by atoms with Crippen molar-refractivity contribution < 1.29 is 39.8 Å². The van der Waals surface area contributed by atoms with E-state index in [0.717, 1.165) is 0 Å². The van der Waals surface area contributed by atoms with Gasteiger partial charge in [-0.1, -0.05) is 0 Å². The van der Waals surface area contributed by atoms with Gasteiger partial charge in [0.25, 0.3) is 0 Å². The predicted octanol–water partition coefficient (Wildman–Crippen LogP) is -5.33. The van der Waals surface area contributed by atoms with E-state index in [1.54, 1.807) is 0 Å². The van der Waals surface area contributed by atoms with Crippen molar-refractivity contribution in [2.75, 3.05) is 13.2 Å². The monoisotopic (exact) mass is 113 g/mol. The molecule has 3 N–H and O–H groups in total. The summed E-state index contributed by atoms with van der Waals surface area (Å²) >= 11 is 0. The molecule has 0 aromatic heterocycles. The fourth-order valence-electron chi connectivity index (χ4n) is 0.0527. The first-order chi connectivity index (χ1) is 2.81. The Morgan fingerprint density at radius 1 is 1.71 bits per heavy atom. The topological polar surface area (TPSA) is 69.3 Å². The van der Waals surface area contributed by atoms with Gasteiger partial charge in [-0.05, 0) is 0 Å². The van der Waals surface area contributed by atoms with Crippen LogP contribution in [0, 0.1) is 0 Å². The molecule has 0 aliphatic rings. The Bertz CT molecular complexity index is 32.1. The van der Waals surface area contributed by atoms with Crippen molar-refractivity contribution in [2.45, 2.75) is 6.04 Å². The third kappa shape index (κ3) is 6.88. The van der Waals surface area contributed by atoms with Gasteiger partial charge in [-0.25, -0.2) is 0 Å². The van der Waals surface area contributed by atoms with Crippen molar-refractivity contribution in [3.63, 3.8) is 0 Å². The van der Waals surface area contributed by atoms with Crippen molar-refractivity contribution in [3.8, 4) is 0 Å². The van der Waals surface area contributed by atoms with Gasteiger partial charge in [0.1, 0.15) is 0 Å². The largest absolute Gasteiger partial charge is 1.00 e. The fourth-order valence-corrected chi connectivity index (χ4v) is 0.0527. The quantitative estimate of drug-likeness (QED) is 0.351. The summed E-state index contributed by atoms with van der Waals surface area (Å²) < 4.78 is 0. The molecule has 0 heterocycles. The van der Waals surface area contributed by atoms with E-state index in [1.165, 1.54) is 0 Å². The Hall–Kier alpha value is 0.880. The van der Waals surface area contributed by atoms with Crippen LogP contribution in [0.5, 0.6) is 0 Å². The van der Waals surface area contributed by atoms with Crippen LogP contribution in [0.4, 0.5) is 0 Å². The Morgan fingerprint density at radius 2 is 2.14 bits per heavy atom. The van der Waals surface area contributed by atoms with E-state index in [-0.39, 0.29) is 36.2 Å². The molecule has 0 saturated heterocycles. The van der Waals surface area contributed by atoms with E-state index in [9.17, 15) is 5.11 Å². The molecule has 0 aromatic rings. The van der Waals surface area contributed by atoms with E-state index >= 15 is 0 Å². The Labute approximate surface area is 64.8 Å². The number of nitrogens with two attached hydrogens (primary N) is 1. The van der Waals surface area contributed by atoms with Gasteiger partial charge in [-0.3, -0.25) is 0 Å². The molecule has 38 valence electrons. The third-order valence-corrected chi connectivity index (χ3v) is 0.449. The summed E-state index contributed by atoms with van der Waals surface area (Å²) in [5.41, 5.74) is 4.91. The molecular formula is C3H8NNaO2. The smallest absolute Gasteiger partial charge is 0.853 e. The Balaban J connectivity index is 0. The van der Waals surface area contributed by atoms with Crippen LogP contribution >= 0.6 is 0 Å². The Kier molecular flexibility index (Phi) is 10.6. The van der Waals surface area contributed by atoms with Crippen molar-refractivity contribution in [1.82, 2.24) is 0 Å². The van der Waals surface area contributed by atoms with Gasteiger partial charge in [0.2, 0.25) is 0 Å². The van der Waals surface area contributed by atoms with Gasteiger partial charge in [0.15, 0.2) is 0 Å². The average molecular weight is 113 g/mol. The van der Waals surface area contributed by atoms with Gasteiger partial charge >= 0.3 is 29.6 Å². The van der Waals surface area contributed by atoms with Crippen molar-refractivity contribution in [1.29, 1.82) is 0 Å². The molecule has 0 amide bonds. The van der Waals surface area contributed by atoms with E-state index < -0.39 is 12.6 Å². The van der Waals surface area contributed by atoms with Crippen LogP contribution in [0.1, 0.15) is 0 Å². The normalized spacial score (nSPS) is 12.4. The SMILES string of the molecule is NC(C[O-])CO.[Na+]. The van der Waals surface area contributed by atoms with E-state index in [1.807, 2.05) is 0 Å². The minimum atomic E-state index is -0.565. The summed E-state index contributed by atoms with van der Waals surface area (Å²) in [6, 6.07) is -0.565. The molecule has 0 fully saturated rings. The van der Waals surface area contributed by atoms with Gasteiger partial charge in [-0.15, -0.1) is 6.61 Å². The van der Waals surface area contributed by atoms with Gasteiger partial charge in [0.05, 0.1) is 6.61 Å². The zero-order valence-electron chi connectivity index (χ0n) is 4.42. The van der Waals surface area contributed by atoms with Gasteiger partial charge in [0, 0.05) is 6.04 Å². The van der Waals surface area contributed by atoms with Crippen LogP contribution in [0.3, 0.4) is 0 Å². The second-order valence-electron chi connectivity index (χ2n) is 1.11. The summed E-state index contributed by atoms with van der Waals surface area (Å²) in [6.45, 7) is -0.597. The average Bonchev–Trinajstić information content (AvgIpc) is 1.65. The summed E-state index contributed by atoms with van der Waals surface area (Å²) in [5, 5.41) is 17.6. The predicted molar refractivity (Wildman–Crippen MR) is 19.9 cm³/mol. The first kappa shape index (κ1) is 10.8. The van der Waals surface area contributed by atoms with E-state index in [0.29, 0.717) is 0 Å². The van der Waals surface area contributed by atoms with Crippen LogP contribution in [0.2, 0.25) is 0 Å². The maximum absolute atomic E-state index is 9.58. The molecule has 0 aliphatic heterocycles. The summed E-state index contributed by atoms with van der Waals surface area (Å²) in [5.74, 6) is 0. The maximum atomic E-state index is 9.58. The van der Waals surface area contributed by atoms with Crippen LogP contribution in [0.15, 0.2) is 0 Å². The molecule has 0 bridgehead atoms. The Morgan fingerprint density at radius 3 is 2.14 bits per heavy atom. The molecule has 0 spiro atoms. The fraction of sp³-hybridized carbons (Fsp3) is 1.00. The number of hydrogen-bond acceptors (Lipinski definition) is 3. The molecule has 1 unspecified atom stereocenters. The molecule has 0 radical (unpaired) electrons. The minimum Gasteiger partial charge on any atom is -0.853 e. The van der Waals surface area contributed by atoms with Crippen LogP contribution in [-0.2, 0) is 0 Å². The second kappa shape index (κ2) is 6.88. The van der Waals surface area contributed by atoms with Crippen molar-refractivity contribution in [2.24, 2.45) is 5.73 Å². The van der Waals surface area contributed by atoms with Gasteiger partial charge < -0.3 is 15.9 Å². The summed E-state index contributed by atoms with van der Waals surface area (Å²) in [7, 11) is 0. The molecule has 0 aromatic carbocycles. The second-order valence-corrected chi connectivity index (χ2v) is 1.11. The molecule has 3 nitrogen and oxygen atoms in total. The van der Waals surface area contributed by atoms with Crippen LogP contribution < -0.4 is 40.4 Å². The number of aliphatic hydroxyl groups is 1. The third-order valence-electron chi connectivity index (χ3n) is 0.449. The van der Waals surface area contributed by atoms with Crippen molar-refractivity contribution >= 4 is 0 Å². The molecule has 1 atom stereocenters. The molecular weight excluding hydrogens is 105 g/mol. The molecule has 0 saturated carbocycles. The number of aliphatic hydroxyl groups excluding tert-OH is 1. The maximum Gasteiger partial charge on any atom is 1.00 e. The zero-order chi connectivity index (χ0) is 4.99. The number of hydrogen-bond donors (Lipinski definition) is 2. The molecule has 0 rings (SSSR count). The van der Waals surface area contributed by atoms with E-state index in [2.05, 4.69) is 0 Å². The van der Waals surface area contributed by atoms with Crippen LogP contribution in [-0.4, -0.2) is 24.4 Å². The first-order valence-corrected chi connectivity index (χ1v) is 1.75. The van der Waals surface area contributed by atoms with E-state index in [4.69, 9.17) is 10.8 Å². The van der Waals surface area contributed by atoms with Crippen molar-refractivity contribution in [3.05, 3.63) is 0 Å². The molecule has 7 heavy (non-hydrogen) atoms.